The number of carbonyl (C=O) groups excluding carboxylic acids is 1. The summed E-state index contributed by atoms with van der Waals surface area (Å²) >= 11 is 0. The molecule has 4 heteroatoms. The maximum Gasteiger partial charge on any atom is 0.308 e. The van der Waals surface area contributed by atoms with Crippen molar-refractivity contribution in [3.05, 3.63) is 11.6 Å². The van der Waals surface area contributed by atoms with Gasteiger partial charge in [-0.3, -0.25) is 4.79 Å². The summed E-state index contributed by atoms with van der Waals surface area (Å²) in [5.41, 5.74) is 0.978. The smallest absolute Gasteiger partial charge is 0.308 e. The Morgan fingerprint density at radius 3 is 2.47 bits per heavy atom. The molecule has 0 aliphatic rings. The van der Waals surface area contributed by atoms with E-state index in [4.69, 9.17) is 0 Å². The van der Waals surface area contributed by atoms with Crippen molar-refractivity contribution in [2.75, 3.05) is 6.61 Å². The lowest BCUT2D eigenvalue weighted by Gasteiger charge is -2.12. The molecule has 2 atom stereocenters. The van der Waals surface area contributed by atoms with E-state index in [1.807, 2.05) is 13.8 Å². The Labute approximate surface area is 90.6 Å². The highest BCUT2D eigenvalue weighted by Gasteiger charge is 2.14. The minimum atomic E-state index is -0.852. The fourth-order valence-corrected chi connectivity index (χ4v) is 1.23. The van der Waals surface area contributed by atoms with Crippen LogP contribution >= 0.6 is 0 Å². The topological polar surface area (TPSA) is 66.8 Å². The molecule has 0 saturated carbocycles. The number of allylic oxidation sites excluding steroid dienone is 1. The Morgan fingerprint density at radius 1 is 1.40 bits per heavy atom. The van der Waals surface area contributed by atoms with Crippen molar-refractivity contribution >= 4 is 5.97 Å². The van der Waals surface area contributed by atoms with Gasteiger partial charge in [-0.05, 0) is 20.8 Å². The largest absolute Gasteiger partial charge is 0.466 e. The molecule has 15 heavy (non-hydrogen) atoms. The van der Waals surface area contributed by atoms with E-state index < -0.39 is 18.2 Å². The van der Waals surface area contributed by atoms with Crippen molar-refractivity contribution in [2.24, 2.45) is 0 Å². The fraction of sp³-hybridized carbons (Fsp3) is 0.727. The quantitative estimate of drug-likeness (QED) is 0.514. The standard InChI is InChI=1S/C11H20O4/c1-4-15-11(14)7-10(13)6-9(12)5-8(2)3/h5,9-10,12-13H,4,6-7H2,1-3H3/t9-,10-/m1/s1. The van der Waals surface area contributed by atoms with E-state index in [9.17, 15) is 15.0 Å². The van der Waals surface area contributed by atoms with Crippen LogP contribution in [0.25, 0.3) is 0 Å². The van der Waals surface area contributed by atoms with Crippen molar-refractivity contribution < 1.29 is 19.7 Å². The van der Waals surface area contributed by atoms with Crippen LogP contribution < -0.4 is 0 Å². The van der Waals surface area contributed by atoms with Crippen molar-refractivity contribution in [2.45, 2.75) is 45.8 Å². The zero-order valence-electron chi connectivity index (χ0n) is 9.56. The number of hydrogen-bond donors (Lipinski definition) is 2. The van der Waals surface area contributed by atoms with Crippen LogP contribution in [0.5, 0.6) is 0 Å². The summed E-state index contributed by atoms with van der Waals surface area (Å²) < 4.78 is 4.68. The molecule has 0 rings (SSSR count). The molecule has 0 aromatic rings. The van der Waals surface area contributed by atoms with Gasteiger partial charge in [-0.15, -0.1) is 0 Å². The molecule has 0 saturated heterocycles. The van der Waals surface area contributed by atoms with Crippen LogP contribution in [0.3, 0.4) is 0 Å². The lowest BCUT2D eigenvalue weighted by atomic mass is 10.1. The molecular formula is C11H20O4. The van der Waals surface area contributed by atoms with Crippen molar-refractivity contribution in [3.8, 4) is 0 Å². The van der Waals surface area contributed by atoms with Gasteiger partial charge in [0.1, 0.15) is 0 Å². The first kappa shape index (κ1) is 14.1. The van der Waals surface area contributed by atoms with E-state index in [1.165, 1.54) is 0 Å². The molecule has 0 bridgehead atoms. The zero-order chi connectivity index (χ0) is 11.8. The Hall–Kier alpha value is -0.870. The van der Waals surface area contributed by atoms with E-state index in [-0.39, 0.29) is 12.8 Å². The molecule has 0 amide bonds. The molecule has 0 heterocycles. The fourth-order valence-electron chi connectivity index (χ4n) is 1.23. The molecule has 0 radical (unpaired) electrons. The lowest BCUT2D eigenvalue weighted by Crippen LogP contribution is -2.20. The summed E-state index contributed by atoms with van der Waals surface area (Å²) in [6, 6.07) is 0. The normalized spacial score (nSPS) is 14.2. The van der Waals surface area contributed by atoms with Gasteiger partial charge in [-0.1, -0.05) is 11.6 Å². The number of esters is 1. The third-order valence-electron chi connectivity index (χ3n) is 1.75. The Balaban J connectivity index is 3.87. The average molecular weight is 216 g/mol. The van der Waals surface area contributed by atoms with Gasteiger partial charge in [-0.2, -0.15) is 0 Å². The van der Waals surface area contributed by atoms with Crippen LogP contribution in [-0.2, 0) is 9.53 Å². The van der Waals surface area contributed by atoms with Gasteiger partial charge >= 0.3 is 5.97 Å². The van der Waals surface area contributed by atoms with Crippen LogP contribution in [0.4, 0.5) is 0 Å². The van der Waals surface area contributed by atoms with Crippen molar-refractivity contribution in [1.82, 2.24) is 0 Å². The Morgan fingerprint density at radius 2 is 2.00 bits per heavy atom. The number of rotatable bonds is 6. The van der Waals surface area contributed by atoms with Gasteiger partial charge in [0.05, 0.1) is 25.2 Å². The summed E-state index contributed by atoms with van der Waals surface area (Å²) in [5.74, 6) is -0.436. The lowest BCUT2D eigenvalue weighted by molar-refractivity contribution is -0.145. The van der Waals surface area contributed by atoms with Gasteiger partial charge in [0, 0.05) is 6.42 Å². The van der Waals surface area contributed by atoms with Gasteiger partial charge in [0.2, 0.25) is 0 Å². The minimum absolute atomic E-state index is 0.0680. The third-order valence-corrected chi connectivity index (χ3v) is 1.75. The van der Waals surface area contributed by atoms with Crippen LogP contribution in [0, 0.1) is 0 Å². The summed E-state index contributed by atoms with van der Waals surface area (Å²) in [6.45, 7) is 5.74. The molecule has 2 N–H and O–H groups in total. The first-order valence-corrected chi connectivity index (χ1v) is 5.12. The molecule has 0 fully saturated rings. The van der Waals surface area contributed by atoms with E-state index in [0.717, 1.165) is 5.57 Å². The highest BCUT2D eigenvalue weighted by molar-refractivity contribution is 5.69. The second kappa shape index (κ2) is 7.43. The average Bonchev–Trinajstić information content (AvgIpc) is 2.00. The molecular weight excluding hydrogens is 196 g/mol. The first-order chi connectivity index (χ1) is 6.95. The van der Waals surface area contributed by atoms with Crippen LogP contribution in [-0.4, -0.2) is 35.0 Å². The summed E-state index contributed by atoms with van der Waals surface area (Å²) in [4.78, 5) is 11.0. The minimum Gasteiger partial charge on any atom is -0.466 e. The number of hydrogen-bond acceptors (Lipinski definition) is 4. The molecule has 0 unspecified atom stereocenters. The highest BCUT2D eigenvalue weighted by Crippen LogP contribution is 2.06. The second-order valence-electron chi connectivity index (χ2n) is 3.71. The van der Waals surface area contributed by atoms with Crippen molar-refractivity contribution in [3.63, 3.8) is 0 Å². The molecule has 4 nitrogen and oxygen atoms in total. The SMILES string of the molecule is CCOC(=O)C[C@H](O)C[C@H](O)C=C(C)C. The molecule has 0 spiro atoms. The Kier molecular flexibility index (Phi) is 6.99. The molecule has 0 aromatic heterocycles. The predicted octanol–water partition coefficient (Wildman–Crippen LogP) is 1.02. The van der Waals surface area contributed by atoms with Gasteiger partial charge in [0.15, 0.2) is 0 Å². The van der Waals surface area contributed by atoms with Crippen LogP contribution in [0.1, 0.15) is 33.6 Å². The number of carbonyl (C=O) groups is 1. The number of aliphatic hydroxyl groups is 2. The van der Waals surface area contributed by atoms with Crippen LogP contribution in [0.2, 0.25) is 0 Å². The molecule has 0 aliphatic heterocycles. The van der Waals surface area contributed by atoms with E-state index in [2.05, 4.69) is 4.74 Å². The molecule has 0 aromatic carbocycles. The first-order valence-electron chi connectivity index (χ1n) is 5.12. The number of ether oxygens (including phenoxy) is 1. The molecule has 88 valence electrons. The zero-order valence-corrected chi connectivity index (χ0v) is 9.56. The van der Waals surface area contributed by atoms with Gasteiger partial charge in [-0.25, -0.2) is 0 Å². The van der Waals surface area contributed by atoms with Crippen molar-refractivity contribution in [1.29, 1.82) is 0 Å². The Bertz CT molecular complexity index is 219. The van der Waals surface area contributed by atoms with Gasteiger partial charge in [0.25, 0.3) is 0 Å². The van der Waals surface area contributed by atoms with Crippen LogP contribution in [0.15, 0.2) is 11.6 Å². The highest BCUT2D eigenvalue weighted by atomic mass is 16.5. The maximum absolute atomic E-state index is 11.0. The second-order valence-corrected chi connectivity index (χ2v) is 3.71. The van der Waals surface area contributed by atoms with E-state index >= 15 is 0 Å². The number of aliphatic hydroxyl groups excluding tert-OH is 2. The van der Waals surface area contributed by atoms with Gasteiger partial charge < -0.3 is 14.9 Å². The monoisotopic (exact) mass is 216 g/mol. The predicted molar refractivity (Wildman–Crippen MR) is 57.3 cm³/mol. The summed E-state index contributed by atoms with van der Waals surface area (Å²) in [6.07, 6.45) is 0.175. The summed E-state index contributed by atoms with van der Waals surface area (Å²) in [5, 5.41) is 18.9. The maximum atomic E-state index is 11.0. The van der Waals surface area contributed by atoms with E-state index in [0.29, 0.717) is 6.61 Å². The third kappa shape index (κ3) is 8.15. The van der Waals surface area contributed by atoms with E-state index in [1.54, 1.807) is 13.0 Å². The summed E-state index contributed by atoms with van der Waals surface area (Å²) in [7, 11) is 0. The molecule has 0 aliphatic carbocycles.